The van der Waals surface area contributed by atoms with E-state index in [9.17, 15) is 28.2 Å². The van der Waals surface area contributed by atoms with Gasteiger partial charge in [0.15, 0.2) is 17.8 Å². The van der Waals surface area contributed by atoms with Crippen molar-refractivity contribution >= 4 is 22.2 Å². The maximum absolute atomic E-state index is 14.4. The van der Waals surface area contributed by atoms with Gasteiger partial charge in [-0.05, 0) is 55.2 Å². The number of amides is 2. The number of ether oxygens (including phenoxy) is 5. The average Bonchev–Trinajstić information content (AvgIpc) is 3.84. The summed E-state index contributed by atoms with van der Waals surface area (Å²) < 4.78 is 57.4. The molecule has 5 rings (SSSR count). The smallest absolute Gasteiger partial charge is 0.407 e. The number of carboxylic acid groups (broad SMARTS) is 1. The van der Waals surface area contributed by atoms with E-state index in [1.165, 1.54) is 22.5 Å². The number of sulfonamides is 1. The highest BCUT2D eigenvalue weighted by Gasteiger charge is 2.47. The van der Waals surface area contributed by atoms with Gasteiger partial charge < -0.3 is 48.9 Å². The van der Waals surface area contributed by atoms with Crippen LogP contribution < -0.4 is 19.9 Å². The summed E-state index contributed by atoms with van der Waals surface area (Å²) >= 11 is 0. The monoisotopic (exact) mass is 718 g/mol. The van der Waals surface area contributed by atoms with Crippen LogP contribution in [0.25, 0.3) is 0 Å². The van der Waals surface area contributed by atoms with Crippen molar-refractivity contribution in [3.63, 3.8) is 0 Å². The number of aliphatic hydroxyl groups excluding tert-OH is 1. The molecule has 276 valence electrons. The first kappa shape index (κ1) is 37.6. The molecule has 15 heteroatoms. The average molecular weight is 719 g/mol. The number of nitrogens with zero attached hydrogens (tertiary/aromatic N) is 2. The van der Waals surface area contributed by atoms with Gasteiger partial charge in [0.05, 0.1) is 42.9 Å². The van der Waals surface area contributed by atoms with Gasteiger partial charge in [0, 0.05) is 31.6 Å². The molecule has 3 aliphatic rings. The van der Waals surface area contributed by atoms with Gasteiger partial charge in [-0.1, -0.05) is 51.1 Å². The molecule has 2 fully saturated rings. The minimum atomic E-state index is -4.27. The lowest BCUT2D eigenvalue weighted by Gasteiger charge is -2.43. The normalized spacial score (nSPS) is 21.1. The summed E-state index contributed by atoms with van der Waals surface area (Å²) in [6.07, 6.45) is -1.57. The fourth-order valence-corrected chi connectivity index (χ4v) is 8.51. The van der Waals surface area contributed by atoms with E-state index in [-0.39, 0.29) is 42.9 Å². The molecule has 2 aromatic carbocycles. The van der Waals surface area contributed by atoms with Crippen molar-refractivity contribution in [2.45, 2.75) is 82.2 Å². The molecule has 0 bridgehead atoms. The Balaban J connectivity index is 1.42. The third kappa shape index (κ3) is 9.18. The third-order valence-electron chi connectivity index (χ3n) is 9.38. The van der Waals surface area contributed by atoms with Gasteiger partial charge in [0.2, 0.25) is 16.8 Å². The first-order valence-electron chi connectivity index (χ1n) is 17.1. The maximum Gasteiger partial charge on any atom is 0.407 e. The first-order chi connectivity index (χ1) is 23.9. The molecule has 0 unspecified atom stereocenters. The summed E-state index contributed by atoms with van der Waals surface area (Å²) in [6.45, 7) is 6.37. The number of aliphatic hydroxyl groups is 1. The Kier molecular flexibility index (Phi) is 12.5. The van der Waals surface area contributed by atoms with Crippen LogP contribution in [-0.2, 0) is 30.7 Å². The molecule has 0 radical (unpaired) electrons. The molecular formula is C35H48N3O11S-. The number of carbonyl (C=O) groups is 2. The molecule has 2 N–H and O–H groups in total. The summed E-state index contributed by atoms with van der Waals surface area (Å²) in [5, 5.41) is 27.7. The predicted octanol–water partition coefficient (Wildman–Crippen LogP) is 2.73. The van der Waals surface area contributed by atoms with E-state index in [4.69, 9.17) is 23.7 Å². The fourth-order valence-electron chi connectivity index (χ4n) is 6.85. The third-order valence-corrected chi connectivity index (χ3v) is 11.2. The van der Waals surface area contributed by atoms with Crippen molar-refractivity contribution in [3.8, 4) is 11.5 Å². The van der Waals surface area contributed by atoms with E-state index in [0.717, 1.165) is 10.5 Å². The fraction of sp³-hybridized carbons (Fsp3) is 0.600. The molecule has 2 aromatic rings. The summed E-state index contributed by atoms with van der Waals surface area (Å²) in [6, 6.07) is 11.7. The van der Waals surface area contributed by atoms with Crippen LogP contribution in [0.3, 0.4) is 0 Å². The zero-order valence-electron chi connectivity index (χ0n) is 28.8. The Labute approximate surface area is 293 Å². The van der Waals surface area contributed by atoms with Crippen molar-refractivity contribution in [2.24, 2.45) is 11.3 Å². The number of nitrogens with one attached hydrogen (secondary N) is 1. The molecular weight excluding hydrogens is 670 g/mol. The molecule has 50 heavy (non-hydrogen) atoms. The quantitative estimate of drug-likeness (QED) is 0.230. The van der Waals surface area contributed by atoms with Gasteiger partial charge in [-0.25, -0.2) is 13.2 Å². The SMILES string of the molecule is CCCOC(=O)NCCCC(C)(C)CN(C[C@@H](O)[C@H](Cc1ccccc1)N(C(=O)[O-])[C@H]1CO[C@H]2OCC[C@H]21)S(=O)(=O)c1ccc2c(c1)OCO2. The van der Waals surface area contributed by atoms with Crippen LogP contribution in [0, 0.1) is 11.3 Å². The number of hydrogen-bond acceptors (Lipinski definition) is 11. The molecule has 14 nitrogen and oxygen atoms in total. The molecule has 3 heterocycles. The Hall–Kier alpha value is -3.63. The molecule has 2 amide bonds. The Morgan fingerprint density at radius 2 is 1.88 bits per heavy atom. The van der Waals surface area contributed by atoms with Crippen molar-refractivity contribution in [3.05, 3.63) is 54.1 Å². The molecule has 0 spiro atoms. The Morgan fingerprint density at radius 3 is 2.62 bits per heavy atom. The molecule has 5 atom stereocenters. The number of carbonyl (C=O) groups excluding carboxylic acids is 2. The number of benzene rings is 2. The predicted molar refractivity (Wildman–Crippen MR) is 179 cm³/mol. The van der Waals surface area contributed by atoms with E-state index in [0.29, 0.717) is 51.2 Å². The van der Waals surface area contributed by atoms with Crippen molar-refractivity contribution < 1.29 is 51.9 Å². The molecule has 2 saturated heterocycles. The molecule has 3 aliphatic heterocycles. The van der Waals surface area contributed by atoms with E-state index in [1.54, 1.807) is 0 Å². The van der Waals surface area contributed by atoms with Gasteiger partial charge in [0.1, 0.15) is 6.09 Å². The second kappa shape index (κ2) is 16.6. The summed E-state index contributed by atoms with van der Waals surface area (Å²) in [7, 11) is -4.27. The highest BCUT2D eigenvalue weighted by atomic mass is 32.2. The lowest BCUT2D eigenvalue weighted by atomic mass is 9.87. The minimum absolute atomic E-state index is 0.0183. The van der Waals surface area contributed by atoms with Crippen molar-refractivity contribution in [1.29, 1.82) is 0 Å². The van der Waals surface area contributed by atoms with Gasteiger partial charge in [-0.2, -0.15) is 4.31 Å². The van der Waals surface area contributed by atoms with Crippen LogP contribution in [0.2, 0.25) is 0 Å². The Bertz CT molecular complexity index is 1560. The largest absolute Gasteiger partial charge is 0.530 e. The lowest BCUT2D eigenvalue weighted by Crippen LogP contribution is -2.61. The van der Waals surface area contributed by atoms with Crippen LogP contribution in [0.15, 0.2) is 53.4 Å². The van der Waals surface area contributed by atoms with Gasteiger partial charge in [-0.15, -0.1) is 0 Å². The van der Waals surface area contributed by atoms with Gasteiger partial charge in [0.25, 0.3) is 0 Å². The Morgan fingerprint density at radius 1 is 1.12 bits per heavy atom. The van der Waals surface area contributed by atoms with Crippen molar-refractivity contribution in [2.75, 3.05) is 46.2 Å². The van der Waals surface area contributed by atoms with Gasteiger partial charge in [-0.3, -0.25) is 0 Å². The summed E-state index contributed by atoms with van der Waals surface area (Å²) in [4.78, 5) is 25.9. The zero-order valence-corrected chi connectivity index (χ0v) is 29.6. The van der Waals surface area contributed by atoms with E-state index in [2.05, 4.69) is 5.32 Å². The summed E-state index contributed by atoms with van der Waals surface area (Å²) in [5.74, 6) is 0.450. The highest BCUT2D eigenvalue weighted by Crippen LogP contribution is 2.38. The lowest BCUT2D eigenvalue weighted by molar-refractivity contribution is -0.273. The second-order valence-electron chi connectivity index (χ2n) is 13.7. The zero-order chi connectivity index (χ0) is 35.9. The minimum Gasteiger partial charge on any atom is -0.530 e. The first-order valence-corrected chi connectivity index (χ1v) is 18.6. The number of alkyl carbamates (subject to hydrolysis) is 1. The van der Waals surface area contributed by atoms with Gasteiger partial charge >= 0.3 is 6.09 Å². The molecule has 0 saturated carbocycles. The number of fused-ring (bicyclic) bond motifs is 2. The van der Waals surface area contributed by atoms with Crippen LogP contribution >= 0.6 is 0 Å². The topological polar surface area (TPSA) is 176 Å². The maximum atomic E-state index is 14.4. The summed E-state index contributed by atoms with van der Waals surface area (Å²) in [5.41, 5.74) is 0.130. The second-order valence-corrected chi connectivity index (χ2v) is 15.7. The number of rotatable bonds is 17. The number of hydrogen-bond donors (Lipinski definition) is 2. The highest BCUT2D eigenvalue weighted by molar-refractivity contribution is 7.89. The molecule has 0 aromatic heterocycles. The van der Waals surface area contributed by atoms with Crippen LogP contribution in [-0.4, -0.2) is 106 Å². The standard InChI is InChI=1S/C35H49N3O11S/c1-4-16-46-33(40)36-15-8-14-35(2,3)22-37(50(43,44)25-11-12-30-31(19-25)49-23-48-30)20-29(39)27(18-24-9-6-5-7-10-24)38(34(41)42)28-21-47-32-26(28)13-17-45-32/h5-7,9-12,19,26-29,32,39H,4,8,13-18,20-23H2,1-3H3,(H,36,40)(H,41,42)/p-1/t26-,27-,28-,29+,32+/m0/s1. The van der Waals surface area contributed by atoms with E-state index < -0.39 is 58.6 Å². The van der Waals surface area contributed by atoms with Crippen LogP contribution in [0.4, 0.5) is 9.59 Å². The van der Waals surface area contributed by atoms with Crippen LogP contribution in [0.1, 0.15) is 52.0 Å². The van der Waals surface area contributed by atoms with E-state index >= 15 is 0 Å². The van der Waals surface area contributed by atoms with Crippen molar-refractivity contribution in [1.82, 2.24) is 14.5 Å². The van der Waals surface area contributed by atoms with E-state index in [1.807, 2.05) is 51.1 Å². The molecule has 0 aliphatic carbocycles. The van der Waals surface area contributed by atoms with Crippen LogP contribution in [0.5, 0.6) is 11.5 Å².